The molecule has 2 amide bonds. The number of benzene rings is 2. The van der Waals surface area contributed by atoms with Gasteiger partial charge in [0.25, 0.3) is 17.5 Å². The quantitative estimate of drug-likeness (QED) is 0.546. The van der Waals surface area contributed by atoms with Crippen LogP contribution in [0.2, 0.25) is 5.02 Å². The zero-order chi connectivity index (χ0) is 21.3. The van der Waals surface area contributed by atoms with Gasteiger partial charge in [-0.15, -0.1) is 0 Å². The number of morpholine rings is 1. The van der Waals surface area contributed by atoms with E-state index in [-0.39, 0.29) is 28.7 Å². The van der Waals surface area contributed by atoms with Gasteiger partial charge in [0.2, 0.25) is 0 Å². The normalized spacial score (nSPS) is 18.4. The maximum absolute atomic E-state index is 13.3. The number of amides is 2. The number of para-hydroxylation sites is 2. The van der Waals surface area contributed by atoms with Crippen molar-refractivity contribution in [1.29, 1.82) is 0 Å². The van der Waals surface area contributed by atoms with E-state index in [0.29, 0.717) is 37.7 Å². The zero-order valence-electron chi connectivity index (χ0n) is 15.8. The number of ether oxygens (including phenoxy) is 2. The van der Waals surface area contributed by atoms with E-state index in [1.165, 1.54) is 17.0 Å². The number of carbonyl (C=O) groups is 2. The molecule has 0 N–H and O–H groups in total. The van der Waals surface area contributed by atoms with Crippen LogP contribution in [0.1, 0.15) is 10.4 Å². The predicted octanol–water partition coefficient (Wildman–Crippen LogP) is 2.51. The summed E-state index contributed by atoms with van der Waals surface area (Å²) < 4.78 is 11.2. The van der Waals surface area contributed by atoms with Crippen LogP contribution < -0.4 is 9.64 Å². The molecule has 0 radical (unpaired) electrons. The molecule has 9 nitrogen and oxygen atoms in total. The molecule has 2 aliphatic heterocycles. The van der Waals surface area contributed by atoms with Gasteiger partial charge in [-0.2, -0.15) is 0 Å². The Bertz CT molecular complexity index is 1010. The second-order valence-corrected chi connectivity index (χ2v) is 7.26. The summed E-state index contributed by atoms with van der Waals surface area (Å²) in [7, 11) is 0. The van der Waals surface area contributed by atoms with Crippen LogP contribution in [-0.4, -0.2) is 60.6 Å². The van der Waals surface area contributed by atoms with Crippen molar-refractivity contribution in [2.24, 2.45) is 0 Å². The van der Waals surface area contributed by atoms with Gasteiger partial charge in [0.05, 0.1) is 30.4 Å². The summed E-state index contributed by atoms with van der Waals surface area (Å²) >= 11 is 5.87. The van der Waals surface area contributed by atoms with E-state index in [4.69, 9.17) is 21.1 Å². The summed E-state index contributed by atoms with van der Waals surface area (Å²) in [6, 6.07) is 10.8. The molecule has 0 saturated carbocycles. The number of nitro benzene ring substituents is 1. The molecule has 2 aromatic rings. The highest BCUT2D eigenvalue weighted by Gasteiger charge is 2.37. The van der Waals surface area contributed by atoms with Crippen LogP contribution in [-0.2, 0) is 9.53 Å². The van der Waals surface area contributed by atoms with Crippen LogP contribution >= 0.6 is 11.6 Å². The highest BCUT2D eigenvalue weighted by Crippen LogP contribution is 2.35. The summed E-state index contributed by atoms with van der Waals surface area (Å²) in [5.74, 6) is -0.315. The molecule has 0 spiro atoms. The predicted molar refractivity (Wildman–Crippen MR) is 108 cm³/mol. The molecule has 0 aliphatic carbocycles. The maximum Gasteiger partial charge on any atom is 0.288 e. The van der Waals surface area contributed by atoms with Gasteiger partial charge in [0.1, 0.15) is 10.8 Å². The highest BCUT2D eigenvalue weighted by molar-refractivity contribution is 6.32. The van der Waals surface area contributed by atoms with Gasteiger partial charge in [-0.1, -0.05) is 23.7 Å². The average molecular weight is 432 g/mol. The van der Waals surface area contributed by atoms with Gasteiger partial charge in [-0.3, -0.25) is 19.7 Å². The molecule has 2 aromatic carbocycles. The fourth-order valence-corrected chi connectivity index (χ4v) is 3.67. The minimum Gasteiger partial charge on any atom is -0.476 e. The molecule has 0 bridgehead atoms. The SMILES string of the molecule is O=C(C1CN(C(=O)c2ccc(Cl)c([N+](=O)[O-])c2)c2ccccc2O1)N1CCOCC1. The third kappa shape index (κ3) is 3.81. The first-order valence-corrected chi connectivity index (χ1v) is 9.71. The number of anilines is 1. The van der Waals surface area contributed by atoms with Crippen molar-refractivity contribution >= 4 is 34.8 Å². The van der Waals surface area contributed by atoms with Crippen molar-refractivity contribution in [3.8, 4) is 5.75 Å². The summed E-state index contributed by atoms with van der Waals surface area (Å²) in [6.45, 7) is 1.80. The number of rotatable bonds is 3. The first kappa shape index (κ1) is 20.1. The molecule has 1 unspecified atom stereocenters. The van der Waals surface area contributed by atoms with Gasteiger partial charge in [-0.25, -0.2) is 0 Å². The lowest BCUT2D eigenvalue weighted by atomic mass is 10.1. The molecule has 0 aromatic heterocycles. The first-order valence-electron chi connectivity index (χ1n) is 9.33. The first-order chi connectivity index (χ1) is 14.5. The topological polar surface area (TPSA) is 102 Å². The van der Waals surface area contributed by atoms with Gasteiger partial charge < -0.3 is 19.3 Å². The molecule has 1 atom stereocenters. The fourth-order valence-electron chi connectivity index (χ4n) is 3.48. The number of halogens is 1. The van der Waals surface area contributed by atoms with E-state index in [1.807, 2.05) is 0 Å². The van der Waals surface area contributed by atoms with Crippen LogP contribution in [0.15, 0.2) is 42.5 Å². The van der Waals surface area contributed by atoms with Crippen molar-refractivity contribution in [2.45, 2.75) is 6.10 Å². The van der Waals surface area contributed by atoms with Crippen molar-refractivity contribution in [3.05, 3.63) is 63.2 Å². The van der Waals surface area contributed by atoms with Gasteiger partial charge in [0, 0.05) is 24.7 Å². The average Bonchev–Trinajstić information content (AvgIpc) is 2.78. The van der Waals surface area contributed by atoms with Crippen LogP contribution in [0.3, 0.4) is 0 Å². The number of nitro groups is 1. The smallest absolute Gasteiger partial charge is 0.288 e. The molecule has 2 heterocycles. The van der Waals surface area contributed by atoms with Gasteiger partial charge in [0.15, 0.2) is 6.10 Å². The van der Waals surface area contributed by atoms with E-state index in [1.54, 1.807) is 29.2 Å². The Kier molecular flexibility index (Phi) is 5.56. The Morgan fingerprint density at radius 1 is 1.13 bits per heavy atom. The summed E-state index contributed by atoms with van der Waals surface area (Å²) in [5, 5.41) is 11.1. The Morgan fingerprint density at radius 2 is 1.87 bits per heavy atom. The molecule has 156 valence electrons. The Labute approximate surface area is 176 Å². The Morgan fingerprint density at radius 3 is 2.60 bits per heavy atom. The standard InChI is InChI=1S/C20H18ClN3O6/c21-14-6-5-13(11-16(14)24(27)28)19(25)23-12-18(20(26)22-7-9-29-10-8-22)30-17-4-2-1-3-15(17)23/h1-6,11,18H,7-10,12H2. The fraction of sp³-hybridized carbons (Fsp3) is 0.300. The molecule has 4 rings (SSSR count). The van der Waals surface area contributed by atoms with E-state index < -0.39 is 16.9 Å². The van der Waals surface area contributed by atoms with Crippen LogP contribution in [0.25, 0.3) is 0 Å². The van der Waals surface area contributed by atoms with Crippen LogP contribution in [0, 0.1) is 10.1 Å². The lowest BCUT2D eigenvalue weighted by Gasteiger charge is -2.37. The van der Waals surface area contributed by atoms with Gasteiger partial charge >= 0.3 is 0 Å². The lowest BCUT2D eigenvalue weighted by molar-refractivity contribution is -0.384. The van der Waals surface area contributed by atoms with E-state index >= 15 is 0 Å². The van der Waals surface area contributed by atoms with Crippen molar-refractivity contribution in [1.82, 2.24) is 4.90 Å². The van der Waals surface area contributed by atoms with E-state index in [2.05, 4.69) is 0 Å². The largest absolute Gasteiger partial charge is 0.476 e. The van der Waals surface area contributed by atoms with Crippen molar-refractivity contribution < 1.29 is 24.0 Å². The number of fused-ring (bicyclic) bond motifs is 1. The molecule has 30 heavy (non-hydrogen) atoms. The van der Waals surface area contributed by atoms with Gasteiger partial charge in [-0.05, 0) is 24.3 Å². The maximum atomic E-state index is 13.3. The Balaban J connectivity index is 1.66. The number of carbonyl (C=O) groups excluding carboxylic acids is 2. The van der Waals surface area contributed by atoms with E-state index in [0.717, 1.165) is 6.07 Å². The molecule has 2 aliphatic rings. The molecular weight excluding hydrogens is 414 g/mol. The zero-order valence-corrected chi connectivity index (χ0v) is 16.6. The molecular formula is C20H18ClN3O6. The Hall–Kier alpha value is -3.17. The lowest BCUT2D eigenvalue weighted by Crippen LogP contribution is -2.54. The molecule has 1 saturated heterocycles. The molecule has 10 heteroatoms. The monoisotopic (exact) mass is 431 g/mol. The molecule has 1 fully saturated rings. The van der Waals surface area contributed by atoms with E-state index in [9.17, 15) is 19.7 Å². The van der Waals surface area contributed by atoms with Crippen LogP contribution in [0.5, 0.6) is 5.75 Å². The summed E-state index contributed by atoms with van der Waals surface area (Å²) in [6.07, 6.45) is -0.885. The third-order valence-corrected chi connectivity index (χ3v) is 5.33. The minimum atomic E-state index is -0.885. The summed E-state index contributed by atoms with van der Waals surface area (Å²) in [4.78, 5) is 39.8. The van der Waals surface area contributed by atoms with Crippen molar-refractivity contribution in [3.63, 3.8) is 0 Å². The third-order valence-electron chi connectivity index (χ3n) is 5.01. The van der Waals surface area contributed by atoms with Crippen molar-refractivity contribution in [2.75, 3.05) is 37.7 Å². The summed E-state index contributed by atoms with van der Waals surface area (Å²) in [5.41, 5.74) is 0.233. The number of hydrogen-bond acceptors (Lipinski definition) is 6. The van der Waals surface area contributed by atoms with Crippen LogP contribution in [0.4, 0.5) is 11.4 Å². The highest BCUT2D eigenvalue weighted by atomic mass is 35.5. The second-order valence-electron chi connectivity index (χ2n) is 6.85. The minimum absolute atomic E-state index is 0.0114. The number of hydrogen-bond donors (Lipinski definition) is 0. The number of nitrogens with zero attached hydrogens (tertiary/aromatic N) is 3. The second kappa shape index (κ2) is 8.29.